The molecular formula is C17H24N4O4S. The molecule has 0 saturated carbocycles. The fraction of sp³-hybridized carbons (Fsp3) is 0.529. The van der Waals surface area contributed by atoms with Crippen LogP contribution < -0.4 is 5.32 Å². The van der Waals surface area contributed by atoms with E-state index >= 15 is 0 Å². The van der Waals surface area contributed by atoms with Crippen molar-refractivity contribution in [2.45, 2.75) is 44.2 Å². The number of aromatic amines is 1. The lowest BCUT2D eigenvalue weighted by Gasteiger charge is -2.31. The molecule has 2 aromatic heterocycles. The third kappa shape index (κ3) is 3.83. The average Bonchev–Trinajstić information content (AvgIpc) is 3.33. The quantitative estimate of drug-likeness (QED) is 0.797. The Morgan fingerprint density at radius 2 is 2.27 bits per heavy atom. The molecule has 0 unspecified atom stereocenters. The summed E-state index contributed by atoms with van der Waals surface area (Å²) in [6, 6.07) is 4.81. The van der Waals surface area contributed by atoms with Gasteiger partial charge in [0.15, 0.2) is 5.76 Å². The lowest BCUT2D eigenvalue weighted by Crippen LogP contribution is -2.46. The Kier molecular flexibility index (Phi) is 5.47. The van der Waals surface area contributed by atoms with Crippen LogP contribution in [0.2, 0.25) is 0 Å². The minimum atomic E-state index is -3.78. The van der Waals surface area contributed by atoms with Crippen LogP contribution in [0, 0.1) is 5.92 Å². The van der Waals surface area contributed by atoms with Gasteiger partial charge in [-0.15, -0.1) is 0 Å². The first-order valence-corrected chi connectivity index (χ1v) is 10.3. The molecule has 2 aromatic rings. The number of carbonyl (C=O) groups is 1. The molecule has 3 rings (SSSR count). The number of piperidine rings is 1. The number of nitrogens with zero attached hydrogens (tertiary/aromatic N) is 2. The molecule has 8 nitrogen and oxygen atoms in total. The van der Waals surface area contributed by atoms with Gasteiger partial charge in [0, 0.05) is 25.3 Å². The number of nitrogens with one attached hydrogen (secondary N) is 2. The minimum Gasteiger partial charge on any atom is -0.442 e. The predicted molar refractivity (Wildman–Crippen MR) is 95.7 cm³/mol. The lowest BCUT2D eigenvalue weighted by atomic mass is 9.98. The number of carbonyl (C=O) groups excluding carboxylic acids is 1. The first kappa shape index (κ1) is 18.7. The Balaban J connectivity index is 1.74. The van der Waals surface area contributed by atoms with Gasteiger partial charge in [-0.3, -0.25) is 9.89 Å². The van der Waals surface area contributed by atoms with E-state index in [-0.39, 0.29) is 29.5 Å². The Labute approximate surface area is 153 Å². The molecule has 0 spiro atoms. The highest BCUT2D eigenvalue weighted by Gasteiger charge is 2.35. The van der Waals surface area contributed by atoms with E-state index in [1.165, 1.54) is 10.4 Å². The summed E-state index contributed by atoms with van der Waals surface area (Å²) in [6.07, 6.45) is 3.73. The number of furan rings is 1. The highest BCUT2D eigenvalue weighted by molar-refractivity contribution is 7.89. The van der Waals surface area contributed by atoms with E-state index in [1.807, 2.05) is 13.8 Å². The molecule has 142 valence electrons. The van der Waals surface area contributed by atoms with Gasteiger partial charge in [0.05, 0.1) is 5.92 Å². The maximum atomic E-state index is 12.9. The minimum absolute atomic E-state index is 0.0801. The molecule has 2 atom stereocenters. The van der Waals surface area contributed by atoms with Gasteiger partial charge in [-0.25, -0.2) is 8.42 Å². The lowest BCUT2D eigenvalue weighted by molar-refractivity contribution is -0.126. The smallest absolute Gasteiger partial charge is 0.276 e. The van der Waals surface area contributed by atoms with Gasteiger partial charge in [0.1, 0.15) is 5.69 Å². The molecule has 0 bridgehead atoms. The first-order valence-electron chi connectivity index (χ1n) is 8.82. The number of amides is 1. The summed E-state index contributed by atoms with van der Waals surface area (Å²) < 4.78 is 32.6. The van der Waals surface area contributed by atoms with Crippen molar-refractivity contribution in [3.05, 3.63) is 24.4 Å². The summed E-state index contributed by atoms with van der Waals surface area (Å²) in [7, 11) is -3.78. The van der Waals surface area contributed by atoms with Crippen molar-refractivity contribution < 1.29 is 17.6 Å². The van der Waals surface area contributed by atoms with Gasteiger partial charge in [0.25, 0.3) is 10.0 Å². The fourth-order valence-corrected chi connectivity index (χ4v) is 4.40. The summed E-state index contributed by atoms with van der Waals surface area (Å²) in [5, 5.41) is 9.39. The summed E-state index contributed by atoms with van der Waals surface area (Å²) in [4.78, 5) is 12.4. The highest BCUT2D eigenvalue weighted by atomic mass is 32.2. The van der Waals surface area contributed by atoms with E-state index in [9.17, 15) is 13.2 Å². The van der Waals surface area contributed by atoms with Crippen LogP contribution in [0.25, 0.3) is 11.5 Å². The van der Waals surface area contributed by atoms with Crippen LogP contribution in [0.4, 0.5) is 0 Å². The molecule has 0 aliphatic carbocycles. The number of H-pyrrole nitrogens is 1. The van der Waals surface area contributed by atoms with Crippen LogP contribution in [0.15, 0.2) is 33.9 Å². The maximum Gasteiger partial charge on any atom is 0.276 e. The molecular weight excluding hydrogens is 356 g/mol. The van der Waals surface area contributed by atoms with Gasteiger partial charge in [0.2, 0.25) is 11.0 Å². The SMILES string of the molecule is CC[C@@H](C)NC(=O)[C@H]1CCCN(S(=O)(=O)c2ccc(-c3ccn[nH]3)o2)C1. The first-order chi connectivity index (χ1) is 12.4. The largest absolute Gasteiger partial charge is 0.442 e. The fourth-order valence-electron chi connectivity index (χ4n) is 2.96. The molecule has 1 amide bonds. The second kappa shape index (κ2) is 7.63. The Morgan fingerprint density at radius 1 is 1.46 bits per heavy atom. The number of sulfonamides is 1. The Morgan fingerprint density at radius 3 is 2.96 bits per heavy atom. The van der Waals surface area contributed by atoms with Crippen molar-refractivity contribution in [2.24, 2.45) is 5.92 Å². The zero-order valence-electron chi connectivity index (χ0n) is 14.9. The van der Waals surface area contributed by atoms with E-state index in [0.29, 0.717) is 30.8 Å². The molecule has 1 fully saturated rings. The van der Waals surface area contributed by atoms with Crippen molar-refractivity contribution in [3.8, 4) is 11.5 Å². The summed E-state index contributed by atoms with van der Waals surface area (Å²) >= 11 is 0. The van der Waals surface area contributed by atoms with Crippen LogP contribution in [0.1, 0.15) is 33.1 Å². The van der Waals surface area contributed by atoms with E-state index in [2.05, 4.69) is 15.5 Å². The molecule has 0 radical (unpaired) electrons. The molecule has 1 saturated heterocycles. The molecule has 3 heterocycles. The number of aromatic nitrogens is 2. The summed E-state index contributed by atoms with van der Waals surface area (Å²) in [6.45, 7) is 4.49. The van der Waals surface area contributed by atoms with E-state index < -0.39 is 10.0 Å². The van der Waals surface area contributed by atoms with E-state index in [1.54, 1.807) is 18.3 Å². The molecule has 1 aliphatic heterocycles. The van der Waals surface area contributed by atoms with Gasteiger partial charge < -0.3 is 9.73 Å². The van der Waals surface area contributed by atoms with Crippen molar-refractivity contribution in [3.63, 3.8) is 0 Å². The normalized spacial score (nSPS) is 20.0. The second-order valence-electron chi connectivity index (χ2n) is 6.61. The number of hydrogen-bond donors (Lipinski definition) is 2. The zero-order chi connectivity index (χ0) is 18.7. The Bertz CT molecular complexity index is 844. The van der Waals surface area contributed by atoms with Crippen LogP contribution in [0.5, 0.6) is 0 Å². The second-order valence-corrected chi connectivity index (χ2v) is 8.48. The third-order valence-corrected chi connectivity index (χ3v) is 6.44. The van der Waals surface area contributed by atoms with E-state index in [0.717, 1.165) is 6.42 Å². The molecule has 26 heavy (non-hydrogen) atoms. The van der Waals surface area contributed by atoms with Gasteiger partial charge >= 0.3 is 0 Å². The molecule has 0 aromatic carbocycles. The molecule has 1 aliphatic rings. The van der Waals surface area contributed by atoms with Gasteiger partial charge in [-0.1, -0.05) is 6.92 Å². The van der Waals surface area contributed by atoms with Crippen molar-refractivity contribution in [2.75, 3.05) is 13.1 Å². The third-order valence-electron chi connectivity index (χ3n) is 4.70. The van der Waals surface area contributed by atoms with E-state index in [4.69, 9.17) is 4.42 Å². The molecule has 2 N–H and O–H groups in total. The van der Waals surface area contributed by atoms with Crippen molar-refractivity contribution in [1.82, 2.24) is 19.8 Å². The van der Waals surface area contributed by atoms with Gasteiger partial charge in [-0.05, 0) is 44.4 Å². The average molecular weight is 380 g/mol. The van der Waals surface area contributed by atoms with Gasteiger partial charge in [-0.2, -0.15) is 9.40 Å². The monoisotopic (exact) mass is 380 g/mol. The standard InChI is InChI=1S/C17H24N4O4S/c1-3-12(2)19-17(22)13-5-4-10-21(11-13)26(23,24)16-7-6-15(25-16)14-8-9-18-20-14/h6-9,12-13H,3-5,10-11H2,1-2H3,(H,18,20)(H,19,22)/t12-,13+/m1/s1. The summed E-state index contributed by atoms with van der Waals surface area (Å²) in [5.74, 6) is -0.0180. The number of rotatable bonds is 6. The number of hydrogen-bond acceptors (Lipinski definition) is 5. The Hall–Kier alpha value is -2.13. The van der Waals surface area contributed by atoms with Crippen LogP contribution >= 0.6 is 0 Å². The predicted octanol–water partition coefficient (Wildman–Crippen LogP) is 1.99. The topological polar surface area (TPSA) is 108 Å². The zero-order valence-corrected chi connectivity index (χ0v) is 15.8. The van der Waals surface area contributed by atoms with Crippen LogP contribution in [-0.2, 0) is 14.8 Å². The van der Waals surface area contributed by atoms with Crippen molar-refractivity contribution >= 4 is 15.9 Å². The van der Waals surface area contributed by atoms with Crippen LogP contribution in [-0.4, -0.2) is 48.0 Å². The highest BCUT2D eigenvalue weighted by Crippen LogP contribution is 2.28. The maximum absolute atomic E-state index is 12.9. The summed E-state index contributed by atoms with van der Waals surface area (Å²) in [5.41, 5.74) is 0.607. The van der Waals surface area contributed by atoms with Crippen LogP contribution in [0.3, 0.4) is 0 Å². The molecule has 9 heteroatoms. The van der Waals surface area contributed by atoms with Crippen molar-refractivity contribution in [1.29, 1.82) is 0 Å².